The van der Waals surface area contributed by atoms with Gasteiger partial charge in [0.15, 0.2) is 0 Å². The number of nitrogens with zero attached hydrogens (tertiary/aromatic N) is 2. The molecule has 0 unspecified atom stereocenters. The average Bonchev–Trinajstić information content (AvgIpc) is 2.35. The van der Waals surface area contributed by atoms with Crippen LogP contribution in [0.4, 0.5) is 5.82 Å². The Kier molecular flexibility index (Phi) is 4.73. The topological polar surface area (TPSA) is 61.0 Å². The van der Waals surface area contributed by atoms with Crippen molar-refractivity contribution < 1.29 is 4.74 Å². The third kappa shape index (κ3) is 3.16. The standard InChI is InChI=1S/C13H12BrCl2N3O/c1-6(2)11-12(17)18-5-19-13(11)20-10-4-8(15)7(14)3-9(10)16/h3-6H,1-2H3,(H2,17,18,19). The summed E-state index contributed by atoms with van der Waals surface area (Å²) >= 11 is 15.5. The van der Waals surface area contributed by atoms with Gasteiger partial charge in [-0.3, -0.25) is 0 Å². The fraction of sp³-hybridized carbons (Fsp3) is 0.231. The van der Waals surface area contributed by atoms with Gasteiger partial charge in [-0.05, 0) is 27.9 Å². The van der Waals surface area contributed by atoms with Crippen molar-refractivity contribution in [2.24, 2.45) is 0 Å². The van der Waals surface area contributed by atoms with Crippen molar-refractivity contribution in [2.45, 2.75) is 19.8 Å². The maximum atomic E-state index is 6.13. The van der Waals surface area contributed by atoms with E-state index in [1.165, 1.54) is 6.33 Å². The maximum Gasteiger partial charge on any atom is 0.227 e. The van der Waals surface area contributed by atoms with E-state index in [9.17, 15) is 0 Å². The quantitative estimate of drug-likeness (QED) is 0.762. The lowest BCUT2D eigenvalue weighted by Crippen LogP contribution is -2.04. The highest BCUT2D eigenvalue weighted by Crippen LogP contribution is 2.38. The van der Waals surface area contributed by atoms with E-state index in [0.29, 0.717) is 32.0 Å². The summed E-state index contributed by atoms with van der Waals surface area (Å²) in [6.45, 7) is 3.97. The number of hydrogen-bond acceptors (Lipinski definition) is 4. The molecule has 0 radical (unpaired) electrons. The van der Waals surface area contributed by atoms with E-state index in [4.69, 9.17) is 33.7 Å². The molecule has 0 saturated carbocycles. The second-order valence-corrected chi connectivity index (χ2v) is 6.10. The first-order chi connectivity index (χ1) is 9.40. The molecule has 106 valence electrons. The van der Waals surface area contributed by atoms with Gasteiger partial charge in [-0.15, -0.1) is 0 Å². The molecule has 0 aliphatic carbocycles. The number of ether oxygens (including phenoxy) is 1. The lowest BCUT2D eigenvalue weighted by atomic mass is 10.1. The van der Waals surface area contributed by atoms with Crippen LogP contribution in [-0.2, 0) is 0 Å². The molecule has 0 aliphatic rings. The number of anilines is 1. The molecule has 0 aliphatic heterocycles. The number of rotatable bonds is 3. The highest BCUT2D eigenvalue weighted by Gasteiger charge is 2.16. The van der Waals surface area contributed by atoms with Crippen LogP contribution in [0.15, 0.2) is 22.9 Å². The Morgan fingerprint density at radius 1 is 1.20 bits per heavy atom. The minimum absolute atomic E-state index is 0.121. The van der Waals surface area contributed by atoms with Crippen molar-refractivity contribution in [3.05, 3.63) is 38.5 Å². The molecule has 2 aromatic rings. The molecular formula is C13H12BrCl2N3O. The molecule has 0 saturated heterocycles. The number of nitrogen functional groups attached to an aromatic ring is 1. The SMILES string of the molecule is CC(C)c1c(N)ncnc1Oc1cc(Cl)c(Br)cc1Cl. The first-order valence-electron chi connectivity index (χ1n) is 5.83. The van der Waals surface area contributed by atoms with Gasteiger partial charge in [0.1, 0.15) is 17.9 Å². The Labute approximate surface area is 135 Å². The zero-order valence-electron chi connectivity index (χ0n) is 10.8. The molecule has 1 heterocycles. The minimum atomic E-state index is 0.121. The van der Waals surface area contributed by atoms with Gasteiger partial charge < -0.3 is 10.5 Å². The van der Waals surface area contributed by atoms with Gasteiger partial charge in [-0.25, -0.2) is 9.97 Å². The molecule has 7 heteroatoms. The Morgan fingerprint density at radius 3 is 2.55 bits per heavy atom. The van der Waals surface area contributed by atoms with E-state index >= 15 is 0 Å². The van der Waals surface area contributed by atoms with Gasteiger partial charge in [0.05, 0.1) is 15.6 Å². The minimum Gasteiger partial charge on any atom is -0.437 e. The molecule has 2 rings (SSSR count). The Morgan fingerprint density at radius 2 is 1.90 bits per heavy atom. The van der Waals surface area contributed by atoms with Crippen LogP contribution in [0.25, 0.3) is 0 Å². The molecule has 0 atom stereocenters. The smallest absolute Gasteiger partial charge is 0.227 e. The van der Waals surface area contributed by atoms with Crippen molar-refractivity contribution in [3.8, 4) is 11.6 Å². The van der Waals surface area contributed by atoms with E-state index in [1.54, 1.807) is 12.1 Å². The number of halogens is 3. The van der Waals surface area contributed by atoms with Gasteiger partial charge in [0.2, 0.25) is 5.88 Å². The second kappa shape index (κ2) is 6.16. The summed E-state index contributed by atoms with van der Waals surface area (Å²) in [5.74, 6) is 1.31. The molecule has 0 bridgehead atoms. The van der Waals surface area contributed by atoms with Crippen LogP contribution in [0.3, 0.4) is 0 Å². The summed E-state index contributed by atoms with van der Waals surface area (Å²) in [7, 11) is 0. The van der Waals surface area contributed by atoms with E-state index in [2.05, 4.69) is 25.9 Å². The van der Waals surface area contributed by atoms with Crippen molar-refractivity contribution in [1.82, 2.24) is 9.97 Å². The third-order valence-corrected chi connectivity index (χ3v) is 4.13. The first kappa shape index (κ1) is 15.4. The largest absolute Gasteiger partial charge is 0.437 e. The number of benzene rings is 1. The highest BCUT2D eigenvalue weighted by atomic mass is 79.9. The second-order valence-electron chi connectivity index (χ2n) is 4.43. The molecule has 1 aromatic heterocycles. The highest BCUT2D eigenvalue weighted by molar-refractivity contribution is 9.10. The van der Waals surface area contributed by atoms with Crippen LogP contribution in [-0.4, -0.2) is 9.97 Å². The van der Waals surface area contributed by atoms with Crippen LogP contribution in [0.2, 0.25) is 10.0 Å². The van der Waals surface area contributed by atoms with Crippen molar-refractivity contribution >= 4 is 44.9 Å². The first-order valence-corrected chi connectivity index (χ1v) is 7.37. The molecular weight excluding hydrogens is 365 g/mol. The number of nitrogens with two attached hydrogens (primary N) is 1. The van der Waals surface area contributed by atoms with Crippen LogP contribution < -0.4 is 10.5 Å². The van der Waals surface area contributed by atoms with Crippen LogP contribution in [0.5, 0.6) is 11.6 Å². The zero-order valence-corrected chi connectivity index (χ0v) is 13.9. The summed E-state index contributed by atoms with van der Waals surface area (Å²) in [6.07, 6.45) is 1.35. The maximum absolute atomic E-state index is 6.13. The normalized spacial score (nSPS) is 10.9. The predicted octanol–water partition coefficient (Wildman–Crippen LogP) is 5.04. The molecule has 2 N–H and O–H groups in total. The van der Waals surface area contributed by atoms with Gasteiger partial charge in [-0.2, -0.15) is 0 Å². The Balaban J connectivity index is 2.45. The van der Waals surface area contributed by atoms with E-state index in [0.717, 1.165) is 5.56 Å². The molecule has 4 nitrogen and oxygen atoms in total. The number of aromatic nitrogens is 2. The van der Waals surface area contributed by atoms with E-state index < -0.39 is 0 Å². The Hall–Kier alpha value is -1.04. The fourth-order valence-electron chi connectivity index (χ4n) is 1.70. The molecule has 0 amide bonds. The van der Waals surface area contributed by atoms with Crippen LogP contribution >= 0.6 is 39.1 Å². The lowest BCUT2D eigenvalue weighted by Gasteiger charge is -2.14. The average molecular weight is 377 g/mol. The summed E-state index contributed by atoms with van der Waals surface area (Å²) in [5.41, 5.74) is 6.61. The summed E-state index contributed by atoms with van der Waals surface area (Å²) in [5, 5.41) is 0.922. The van der Waals surface area contributed by atoms with Gasteiger partial charge in [0.25, 0.3) is 0 Å². The van der Waals surface area contributed by atoms with Gasteiger partial charge >= 0.3 is 0 Å². The summed E-state index contributed by atoms with van der Waals surface area (Å²) < 4.78 is 6.45. The van der Waals surface area contributed by atoms with Gasteiger partial charge in [0, 0.05) is 10.5 Å². The summed E-state index contributed by atoms with van der Waals surface area (Å²) in [4.78, 5) is 8.10. The fourth-order valence-corrected chi connectivity index (χ4v) is 2.53. The van der Waals surface area contributed by atoms with E-state index in [1.807, 2.05) is 13.8 Å². The Bertz CT molecular complexity index is 650. The lowest BCUT2D eigenvalue weighted by molar-refractivity contribution is 0.452. The van der Waals surface area contributed by atoms with E-state index in [-0.39, 0.29) is 5.92 Å². The summed E-state index contributed by atoms with van der Waals surface area (Å²) in [6, 6.07) is 3.29. The van der Waals surface area contributed by atoms with Gasteiger partial charge in [-0.1, -0.05) is 37.0 Å². The monoisotopic (exact) mass is 375 g/mol. The van der Waals surface area contributed by atoms with Crippen LogP contribution in [0, 0.1) is 0 Å². The van der Waals surface area contributed by atoms with Crippen molar-refractivity contribution in [1.29, 1.82) is 0 Å². The molecule has 0 spiro atoms. The molecule has 0 fully saturated rings. The number of hydrogen-bond donors (Lipinski definition) is 1. The molecule has 20 heavy (non-hydrogen) atoms. The zero-order chi connectivity index (χ0) is 14.9. The molecule has 1 aromatic carbocycles. The third-order valence-electron chi connectivity index (χ3n) is 2.64. The van der Waals surface area contributed by atoms with Crippen LogP contribution in [0.1, 0.15) is 25.3 Å². The van der Waals surface area contributed by atoms with Crippen molar-refractivity contribution in [2.75, 3.05) is 5.73 Å². The van der Waals surface area contributed by atoms with Crippen molar-refractivity contribution in [3.63, 3.8) is 0 Å². The predicted molar refractivity (Wildman–Crippen MR) is 84.8 cm³/mol.